The summed E-state index contributed by atoms with van der Waals surface area (Å²) in [5, 5.41) is 2.73. The quantitative estimate of drug-likeness (QED) is 0.869. The molecule has 1 heterocycles. The summed E-state index contributed by atoms with van der Waals surface area (Å²) in [6.45, 7) is 0.939. The average molecular weight is 328 g/mol. The Morgan fingerprint density at radius 2 is 2.14 bits per heavy atom. The molecule has 0 aliphatic carbocycles. The van der Waals surface area contributed by atoms with Crippen LogP contribution in [0.5, 0.6) is 5.75 Å². The second kappa shape index (κ2) is 6.64. The summed E-state index contributed by atoms with van der Waals surface area (Å²) in [6, 6.07) is 4.38. The lowest BCUT2D eigenvalue weighted by Gasteiger charge is -2.16. The maximum atomic E-state index is 12.2. The monoisotopic (exact) mass is 328 g/mol. The SMILES string of the molecule is COc1ccc(S(=O)(=O)N(C)C)cc1NC(=O)C1CCOC1. The van der Waals surface area contributed by atoms with Crippen molar-refractivity contribution in [2.24, 2.45) is 5.92 Å². The normalized spacial score (nSPS) is 18.5. The third-order valence-corrected chi connectivity index (χ3v) is 5.32. The third-order valence-electron chi connectivity index (χ3n) is 3.51. The van der Waals surface area contributed by atoms with Gasteiger partial charge in [0.1, 0.15) is 5.75 Å². The molecule has 0 radical (unpaired) electrons. The molecule has 1 aromatic carbocycles. The van der Waals surface area contributed by atoms with Gasteiger partial charge in [0.25, 0.3) is 0 Å². The highest BCUT2D eigenvalue weighted by molar-refractivity contribution is 7.89. The van der Waals surface area contributed by atoms with Crippen molar-refractivity contribution in [1.82, 2.24) is 4.31 Å². The predicted molar refractivity (Wildman–Crippen MR) is 81.4 cm³/mol. The molecule has 1 atom stereocenters. The average Bonchev–Trinajstić information content (AvgIpc) is 3.01. The van der Waals surface area contributed by atoms with Crippen LogP contribution in [0.15, 0.2) is 23.1 Å². The van der Waals surface area contributed by atoms with Crippen LogP contribution in [-0.2, 0) is 19.6 Å². The van der Waals surface area contributed by atoms with Gasteiger partial charge in [-0.1, -0.05) is 0 Å². The summed E-state index contributed by atoms with van der Waals surface area (Å²) < 4.78 is 35.8. The zero-order chi connectivity index (χ0) is 16.3. The molecule has 0 spiro atoms. The highest BCUT2D eigenvalue weighted by atomic mass is 32.2. The number of ether oxygens (including phenoxy) is 2. The Morgan fingerprint density at radius 3 is 2.68 bits per heavy atom. The molecule has 0 aromatic heterocycles. The van der Waals surface area contributed by atoms with E-state index in [1.165, 1.54) is 39.4 Å². The summed E-state index contributed by atoms with van der Waals surface area (Å²) in [5.74, 6) is -0.0148. The fourth-order valence-corrected chi connectivity index (χ4v) is 3.06. The van der Waals surface area contributed by atoms with Gasteiger partial charge in [0, 0.05) is 20.7 Å². The van der Waals surface area contributed by atoms with Crippen molar-refractivity contribution in [2.45, 2.75) is 11.3 Å². The van der Waals surface area contributed by atoms with Crippen LogP contribution in [0.3, 0.4) is 0 Å². The van der Waals surface area contributed by atoms with Crippen LogP contribution in [0.4, 0.5) is 5.69 Å². The standard InChI is InChI=1S/C14H20N2O5S/c1-16(2)22(18,19)11-4-5-13(20-3)12(8-11)15-14(17)10-6-7-21-9-10/h4-5,8,10H,6-7,9H2,1-3H3,(H,15,17). The number of nitrogens with one attached hydrogen (secondary N) is 1. The number of hydrogen-bond acceptors (Lipinski definition) is 5. The van der Waals surface area contributed by atoms with E-state index in [-0.39, 0.29) is 16.7 Å². The van der Waals surface area contributed by atoms with Crippen LogP contribution >= 0.6 is 0 Å². The first-order chi connectivity index (χ1) is 10.4. The van der Waals surface area contributed by atoms with E-state index in [0.717, 1.165) is 4.31 Å². The minimum atomic E-state index is -3.58. The van der Waals surface area contributed by atoms with Crippen LogP contribution < -0.4 is 10.1 Å². The molecule has 2 rings (SSSR count). The highest BCUT2D eigenvalue weighted by Gasteiger charge is 2.25. The summed E-state index contributed by atoms with van der Waals surface area (Å²) >= 11 is 0. The van der Waals surface area contributed by atoms with Gasteiger partial charge in [-0.25, -0.2) is 12.7 Å². The second-order valence-corrected chi connectivity index (χ2v) is 7.35. The number of nitrogens with zero attached hydrogens (tertiary/aromatic N) is 1. The van der Waals surface area contributed by atoms with Crippen molar-refractivity contribution in [1.29, 1.82) is 0 Å². The number of benzene rings is 1. The van der Waals surface area contributed by atoms with Gasteiger partial charge >= 0.3 is 0 Å². The topological polar surface area (TPSA) is 84.9 Å². The first kappa shape index (κ1) is 16.7. The molecule has 1 aliphatic rings. The van der Waals surface area contributed by atoms with Crippen LogP contribution in [-0.4, -0.2) is 53.0 Å². The van der Waals surface area contributed by atoms with Crippen molar-refractivity contribution in [3.05, 3.63) is 18.2 Å². The number of anilines is 1. The Balaban J connectivity index is 2.30. The summed E-state index contributed by atoms with van der Waals surface area (Å²) in [5.41, 5.74) is 0.335. The minimum Gasteiger partial charge on any atom is -0.495 e. The predicted octanol–water partition coefficient (Wildman–Crippen LogP) is 0.920. The van der Waals surface area contributed by atoms with Gasteiger partial charge in [0.2, 0.25) is 15.9 Å². The zero-order valence-corrected chi connectivity index (χ0v) is 13.6. The number of methoxy groups -OCH3 is 1. The smallest absolute Gasteiger partial charge is 0.242 e. The van der Waals surface area contributed by atoms with Crippen molar-refractivity contribution in [3.8, 4) is 5.75 Å². The summed E-state index contributed by atoms with van der Waals surface area (Å²) in [6.07, 6.45) is 0.657. The minimum absolute atomic E-state index is 0.0938. The van der Waals surface area contributed by atoms with Crippen LogP contribution in [0.25, 0.3) is 0 Å². The Labute approximate surface area is 130 Å². The third kappa shape index (κ3) is 3.40. The van der Waals surface area contributed by atoms with E-state index in [4.69, 9.17) is 9.47 Å². The van der Waals surface area contributed by atoms with E-state index in [1.54, 1.807) is 0 Å². The molecule has 1 aromatic rings. The largest absolute Gasteiger partial charge is 0.495 e. The first-order valence-corrected chi connectivity index (χ1v) is 8.29. The molecular formula is C14H20N2O5S. The van der Waals surface area contributed by atoms with Crippen LogP contribution in [0.1, 0.15) is 6.42 Å². The Kier molecular flexibility index (Phi) is 5.05. The Morgan fingerprint density at radius 1 is 1.41 bits per heavy atom. The molecule has 8 heteroatoms. The molecule has 22 heavy (non-hydrogen) atoms. The van der Waals surface area contributed by atoms with Gasteiger partial charge in [-0.15, -0.1) is 0 Å². The van der Waals surface area contributed by atoms with Gasteiger partial charge in [0.05, 0.1) is 30.2 Å². The summed E-state index contributed by atoms with van der Waals surface area (Å²) in [7, 11) is 0.789. The van der Waals surface area contributed by atoms with E-state index >= 15 is 0 Å². The van der Waals surface area contributed by atoms with Crippen LogP contribution in [0, 0.1) is 5.92 Å². The number of carbonyl (C=O) groups excluding carboxylic acids is 1. The molecule has 1 unspecified atom stereocenters. The molecule has 1 saturated heterocycles. The van der Waals surface area contributed by atoms with Gasteiger partial charge in [0.15, 0.2) is 0 Å². The van der Waals surface area contributed by atoms with Crippen molar-refractivity contribution in [2.75, 3.05) is 39.7 Å². The van der Waals surface area contributed by atoms with Gasteiger partial charge < -0.3 is 14.8 Å². The van der Waals surface area contributed by atoms with Crippen molar-refractivity contribution in [3.63, 3.8) is 0 Å². The van der Waals surface area contributed by atoms with Gasteiger partial charge in [-0.3, -0.25) is 4.79 Å². The molecule has 1 fully saturated rings. The Bertz CT molecular complexity index is 651. The second-order valence-electron chi connectivity index (χ2n) is 5.20. The number of hydrogen-bond donors (Lipinski definition) is 1. The number of amides is 1. The van der Waals surface area contributed by atoms with E-state index in [2.05, 4.69) is 5.32 Å². The molecule has 1 amide bonds. The Hall–Kier alpha value is -1.64. The lowest BCUT2D eigenvalue weighted by Crippen LogP contribution is -2.24. The molecular weight excluding hydrogens is 308 g/mol. The van der Waals surface area contributed by atoms with Gasteiger partial charge in [-0.05, 0) is 24.6 Å². The zero-order valence-electron chi connectivity index (χ0n) is 12.8. The molecule has 1 N–H and O–H groups in total. The molecule has 0 saturated carbocycles. The van der Waals surface area contributed by atoms with E-state index in [1.807, 2.05) is 0 Å². The fraction of sp³-hybridized carbons (Fsp3) is 0.500. The van der Waals surface area contributed by atoms with Crippen molar-refractivity contribution >= 4 is 21.6 Å². The molecule has 7 nitrogen and oxygen atoms in total. The molecule has 122 valence electrons. The van der Waals surface area contributed by atoms with E-state index in [0.29, 0.717) is 31.1 Å². The highest BCUT2D eigenvalue weighted by Crippen LogP contribution is 2.29. The number of carbonyl (C=O) groups is 1. The fourth-order valence-electron chi connectivity index (χ4n) is 2.13. The molecule has 1 aliphatic heterocycles. The lowest BCUT2D eigenvalue weighted by molar-refractivity contribution is -0.119. The molecule has 0 bridgehead atoms. The summed E-state index contributed by atoms with van der Waals surface area (Å²) in [4.78, 5) is 12.3. The number of rotatable bonds is 5. The van der Waals surface area contributed by atoms with Crippen molar-refractivity contribution < 1.29 is 22.7 Å². The number of sulfonamides is 1. The van der Waals surface area contributed by atoms with E-state index < -0.39 is 10.0 Å². The lowest BCUT2D eigenvalue weighted by atomic mass is 10.1. The van der Waals surface area contributed by atoms with Crippen LogP contribution in [0.2, 0.25) is 0 Å². The van der Waals surface area contributed by atoms with E-state index in [9.17, 15) is 13.2 Å². The first-order valence-electron chi connectivity index (χ1n) is 6.85. The maximum absolute atomic E-state index is 12.2. The maximum Gasteiger partial charge on any atom is 0.242 e. The van der Waals surface area contributed by atoms with Gasteiger partial charge in [-0.2, -0.15) is 0 Å².